The Morgan fingerprint density at radius 3 is 1.21 bits per heavy atom. The monoisotopic (exact) mass is 669 g/mol. The molecule has 6 aromatic rings. The number of aliphatic imine (C=N–C) groups is 2. The zero-order valence-electron chi connectivity index (χ0n) is 26.0. The molecule has 0 aliphatic carbocycles. The summed E-state index contributed by atoms with van der Waals surface area (Å²) >= 11 is 0. The average Bonchev–Trinajstić information content (AvgIpc) is 3.10. The second kappa shape index (κ2) is 17.8. The second-order valence-electron chi connectivity index (χ2n) is 11.2. The van der Waals surface area contributed by atoms with Crippen molar-refractivity contribution in [3.63, 3.8) is 0 Å². The first kappa shape index (κ1) is 35.1. The zero-order valence-corrected chi connectivity index (χ0v) is 26.9. The van der Waals surface area contributed by atoms with E-state index in [2.05, 4.69) is 46.4 Å². The summed E-state index contributed by atoms with van der Waals surface area (Å²) in [4.78, 5) is 8.35. The van der Waals surface area contributed by atoms with E-state index in [1.54, 1.807) is 0 Å². The molecule has 6 nitrogen and oxygen atoms in total. The quantitative estimate of drug-likeness (QED) is 0.116. The van der Waals surface area contributed by atoms with Crippen molar-refractivity contribution in [3.8, 4) is 0 Å². The maximum atomic E-state index is 12.2. The molecule has 6 rings (SSSR count). The van der Waals surface area contributed by atoms with E-state index in [1.165, 1.54) is 0 Å². The van der Waals surface area contributed by atoms with Gasteiger partial charge in [0.15, 0.2) is 0 Å². The first-order valence-electron chi connectivity index (χ1n) is 15.4. The van der Waals surface area contributed by atoms with Crippen LogP contribution in [0, 0.1) is 0 Å². The summed E-state index contributed by atoms with van der Waals surface area (Å²) < 4.78 is 0. The van der Waals surface area contributed by atoms with Crippen molar-refractivity contribution in [3.05, 3.63) is 168 Å². The van der Waals surface area contributed by atoms with E-state index in [-0.39, 0.29) is 28.9 Å². The first-order valence-corrected chi connectivity index (χ1v) is 15.4. The molecule has 1 radical (unpaired) electrons. The summed E-state index contributed by atoms with van der Waals surface area (Å²) in [7, 11) is 0. The molecule has 0 amide bonds. The molecule has 6 aromatic carbocycles. The fraction of sp³-hybridized carbons (Fsp3) is 0.150. The maximum Gasteiger partial charge on any atom is 2.00 e. The van der Waals surface area contributed by atoms with Gasteiger partial charge < -0.3 is 21.7 Å². The van der Waals surface area contributed by atoms with Crippen LogP contribution >= 0.6 is 0 Å². The predicted octanol–water partition coefficient (Wildman–Crippen LogP) is 5.33. The van der Waals surface area contributed by atoms with E-state index < -0.39 is 12.1 Å². The van der Waals surface area contributed by atoms with Crippen molar-refractivity contribution in [2.24, 2.45) is 21.5 Å². The van der Waals surface area contributed by atoms with Crippen LogP contribution in [0.25, 0.3) is 21.5 Å². The van der Waals surface area contributed by atoms with Crippen molar-refractivity contribution in [1.29, 1.82) is 0 Å². The van der Waals surface area contributed by atoms with E-state index in [4.69, 9.17) is 11.5 Å². The Bertz CT molecular complexity index is 1760. The Morgan fingerprint density at radius 1 is 0.468 bits per heavy atom. The van der Waals surface area contributed by atoms with Crippen molar-refractivity contribution in [2.75, 3.05) is 0 Å². The molecule has 0 aliphatic rings. The number of fused-ring (bicyclic) bond motifs is 2. The molecule has 0 spiro atoms. The van der Waals surface area contributed by atoms with E-state index in [9.17, 15) is 10.2 Å². The van der Waals surface area contributed by atoms with Crippen molar-refractivity contribution in [2.45, 2.75) is 38.0 Å². The summed E-state index contributed by atoms with van der Waals surface area (Å²) in [5.41, 5.74) is 16.2. The molecule has 0 bridgehead atoms. The normalized spacial score (nSPS) is 12.9. The summed E-state index contributed by atoms with van der Waals surface area (Å²) in [5, 5.41) is 28.9. The molecule has 47 heavy (non-hydrogen) atoms. The SMILES string of the molecule is NC(Cc1ccccc1)C([O-])=NCc1cccc2ccccc12.NC(Cc1ccccc1)C([O-])=NCc1cccc2ccccc12.[Cu+2]. The minimum Gasteiger partial charge on any atom is -0.861 e. The Morgan fingerprint density at radius 2 is 0.809 bits per heavy atom. The molecular formula is C40H38CuN4O2. The number of nitrogens with zero attached hydrogens (tertiary/aromatic N) is 2. The van der Waals surface area contributed by atoms with Gasteiger partial charge in [0.05, 0.1) is 13.1 Å². The summed E-state index contributed by atoms with van der Waals surface area (Å²) in [5.74, 6) is -0.497. The van der Waals surface area contributed by atoms with Crippen LogP contribution in [0.5, 0.6) is 0 Å². The molecule has 0 saturated heterocycles. The van der Waals surface area contributed by atoms with E-state index in [0.717, 1.165) is 43.8 Å². The van der Waals surface area contributed by atoms with Gasteiger partial charge in [0.1, 0.15) is 0 Å². The van der Waals surface area contributed by atoms with Crippen LogP contribution < -0.4 is 21.7 Å². The van der Waals surface area contributed by atoms with Gasteiger partial charge in [-0.25, -0.2) is 0 Å². The van der Waals surface area contributed by atoms with Gasteiger partial charge in [-0.1, -0.05) is 146 Å². The number of rotatable bonds is 10. The van der Waals surface area contributed by atoms with Gasteiger partial charge >= 0.3 is 17.1 Å². The molecule has 7 heteroatoms. The molecule has 2 atom stereocenters. The number of hydrogen-bond donors (Lipinski definition) is 2. The maximum absolute atomic E-state index is 12.2. The van der Waals surface area contributed by atoms with Crippen LogP contribution in [0.3, 0.4) is 0 Å². The van der Waals surface area contributed by atoms with Crippen LogP contribution in [0.15, 0.2) is 156 Å². The van der Waals surface area contributed by atoms with Gasteiger partial charge in [0.2, 0.25) is 0 Å². The van der Waals surface area contributed by atoms with Gasteiger partial charge in [-0.3, -0.25) is 9.98 Å². The van der Waals surface area contributed by atoms with E-state index >= 15 is 0 Å². The molecule has 0 aromatic heterocycles. The van der Waals surface area contributed by atoms with Crippen LogP contribution in [-0.4, -0.2) is 23.9 Å². The second-order valence-corrected chi connectivity index (χ2v) is 11.2. The minimum atomic E-state index is -0.590. The smallest absolute Gasteiger partial charge is 0.861 e. The fourth-order valence-electron chi connectivity index (χ4n) is 5.33. The first-order chi connectivity index (χ1) is 22.5. The Labute approximate surface area is 287 Å². The van der Waals surface area contributed by atoms with Crippen molar-refractivity contribution in [1.82, 2.24) is 0 Å². The molecule has 0 fully saturated rings. The molecule has 0 saturated carbocycles. The molecule has 0 aliphatic heterocycles. The largest absolute Gasteiger partial charge is 2.00 e. The van der Waals surface area contributed by atoms with E-state index in [0.29, 0.717) is 25.9 Å². The van der Waals surface area contributed by atoms with Gasteiger partial charge in [-0.2, -0.15) is 0 Å². The molecular weight excluding hydrogens is 632 g/mol. The van der Waals surface area contributed by atoms with Gasteiger partial charge in [0, 0.05) is 12.1 Å². The number of hydrogen-bond acceptors (Lipinski definition) is 6. The fourth-order valence-corrected chi connectivity index (χ4v) is 5.33. The third kappa shape index (κ3) is 10.1. The summed E-state index contributed by atoms with van der Waals surface area (Å²) in [6.07, 6.45) is 1.03. The zero-order chi connectivity index (χ0) is 32.1. The standard InChI is InChI=1S/2C20H20N2O.Cu/c2*21-19(13-15-7-2-1-3-8-15)20(23)22-14-17-11-6-10-16-9-4-5-12-18(16)17;/h2*1-12,19H,13-14,21H2,(H,22,23);/q;;+2/p-2. The Balaban J connectivity index is 0.000000208. The Hall–Kier alpha value is -4.78. The molecule has 0 heterocycles. The van der Waals surface area contributed by atoms with Crippen LogP contribution in [0.4, 0.5) is 0 Å². The molecule has 4 N–H and O–H groups in total. The van der Waals surface area contributed by atoms with Crippen LogP contribution in [-0.2, 0) is 43.0 Å². The molecule has 2 unspecified atom stereocenters. The van der Waals surface area contributed by atoms with Crippen LogP contribution in [0.1, 0.15) is 22.3 Å². The predicted molar refractivity (Wildman–Crippen MR) is 186 cm³/mol. The van der Waals surface area contributed by atoms with E-state index in [1.807, 2.05) is 109 Å². The summed E-state index contributed by atoms with van der Waals surface area (Å²) in [6.45, 7) is 0.728. The topological polar surface area (TPSA) is 123 Å². The molecule has 241 valence electrons. The Kier molecular flexibility index (Phi) is 13.3. The van der Waals surface area contributed by atoms with Gasteiger partial charge in [-0.15, -0.1) is 0 Å². The summed E-state index contributed by atoms with van der Waals surface area (Å²) in [6, 6.07) is 46.7. The van der Waals surface area contributed by atoms with Crippen LogP contribution in [0.2, 0.25) is 0 Å². The third-order valence-electron chi connectivity index (χ3n) is 7.80. The average molecular weight is 670 g/mol. The third-order valence-corrected chi connectivity index (χ3v) is 7.80. The number of nitrogens with two attached hydrogens (primary N) is 2. The van der Waals surface area contributed by atoms with Gasteiger partial charge in [-0.05, 0) is 68.4 Å². The van der Waals surface area contributed by atoms with Crippen molar-refractivity contribution < 1.29 is 27.3 Å². The minimum absolute atomic E-state index is 0. The van der Waals surface area contributed by atoms with Gasteiger partial charge in [0.25, 0.3) is 0 Å². The number of benzene rings is 6. The van der Waals surface area contributed by atoms with Crippen molar-refractivity contribution >= 4 is 33.3 Å².